The summed E-state index contributed by atoms with van der Waals surface area (Å²) < 4.78 is 0. The number of anilines is 1. The van der Waals surface area contributed by atoms with Gasteiger partial charge in [0.15, 0.2) is 0 Å². The van der Waals surface area contributed by atoms with Crippen molar-refractivity contribution in [1.29, 1.82) is 0 Å². The lowest BCUT2D eigenvalue weighted by atomic mass is 9.93. The Balaban J connectivity index is 1.92. The molecule has 23 heavy (non-hydrogen) atoms. The highest BCUT2D eigenvalue weighted by Gasteiger charge is 2.22. The van der Waals surface area contributed by atoms with Crippen molar-refractivity contribution in [2.75, 3.05) is 5.32 Å². The third-order valence-electron chi connectivity index (χ3n) is 4.51. The van der Waals surface area contributed by atoms with Crippen LogP contribution < -0.4 is 5.32 Å². The summed E-state index contributed by atoms with van der Waals surface area (Å²) in [6.07, 6.45) is 3.97. The van der Waals surface area contributed by atoms with Crippen LogP contribution in [0.15, 0.2) is 42.5 Å². The number of carbonyl (C=O) groups is 1. The van der Waals surface area contributed by atoms with Crippen LogP contribution in [0.3, 0.4) is 0 Å². The van der Waals surface area contributed by atoms with Crippen LogP contribution in [0.2, 0.25) is 0 Å². The molecule has 0 unspecified atom stereocenters. The van der Waals surface area contributed by atoms with E-state index in [2.05, 4.69) is 47.8 Å². The molecule has 0 radical (unpaired) electrons. The van der Waals surface area contributed by atoms with Crippen molar-refractivity contribution in [1.82, 2.24) is 0 Å². The molecule has 2 nitrogen and oxygen atoms in total. The number of benzene rings is 2. The van der Waals surface area contributed by atoms with E-state index in [0.29, 0.717) is 0 Å². The van der Waals surface area contributed by atoms with Gasteiger partial charge >= 0.3 is 0 Å². The second-order valence-electron chi connectivity index (χ2n) is 7.51. The number of nitrogens with one attached hydrogen (secondary N) is 1. The summed E-state index contributed by atoms with van der Waals surface area (Å²) in [5.74, 6) is 0.0753. The largest absolute Gasteiger partial charge is 0.325 e. The first-order chi connectivity index (χ1) is 10.9. The van der Waals surface area contributed by atoms with Crippen molar-refractivity contribution >= 4 is 11.6 Å². The molecule has 120 valence electrons. The fourth-order valence-corrected chi connectivity index (χ4v) is 2.86. The van der Waals surface area contributed by atoms with Gasteiger partial charge in [0.1, 0.15) is 0 Å². The maximum Gasteiger partial charge on any atom is 0.229 e. The molecule has 2 aromatic carbocycles. The van der Waals surface area contributed by atoms with Gasteiger partial charge in [-0.2, -0.15) is 0 Å². The molecule has 0 heterocycles. The van der Waals surface area contributed by atoms with E-state index in [1.165, 1.54) is 22.3 Å². The molecule has 0 spiro atoms. The Kier molecular flexibility index (Phi) is 4.25. The zero-order chi connectivity index (χ0) is 16.4. The van der Waals surface area contributed by atoms with Crippen LogP contribution in [0.4, 0.5) is 5.69 Å². The van der Waals surface area contributed by atoms with Crippen LogP contribution in [0.5, 0.6) is 0 Å². The number of rotatable bonds is 1. The van der Waals surface area contributed by atoms with Crippen molar-refractivity contribution in [3.8, 4) is 0 Å². The fourth-order valence-electron chi connectivity index (χ4n) is 2.86. The summed E-state index contributed by atoms with van der Waals surface area (Å²) in [5, 5.41) is 3.15. The minimum atomic E-state index is -0.381. The molecule has 0 saturated carbocycles. The normalized spacial score (nSPS) is 14.2. The molecular weight excluding hydrogens is 282 g/mol. The Labute approximate surface area is 138 Å². The quantitative estimate of drug-likeness (QED) is 0.822. The van der Waals surface area contributed by atoms with Gasteiger partial charge in [-0.25, -0.2) is 0 Å². The number of hydrogen-bond acceptors (Lipinski definition) is 1. The zero-order valence-corrected chi connectivity index (χ0v) is 14.3. The first kappa shape index (κ1) is 15.8. The summed E-state index contributed by atoms with van der Waals surface area (Å²) >= 11 is 0. The molecule has 0 atom stereocenters. The van der Waals surface area contributed by atoms with Crippen molar-refractivity contribution in [2.45, 2.75) is 46.5 Å². The average molecular weight is 307 g/mol. The van der Waals surface area contributed by atoms with Crippen LogP contribution in [0.25, 0.3) is 0 Å². The van der Waals surface area contributed by atoms with Gasteiger partial charge in [0, 0.05) is 11.1 Å². The monoisotopic (exact) mass is 307 g/mol. The van der Waals surface area contributed by atoms with Crippen molar-refractivity contribution in [2.24, 2.45) is 5.41 Å². The Bertz CT molecular complexity index is 708. The van der Waals surface area contributed by atoms with Crippen LogP contribution in [-0.2, 0) is 30.5 Å². The molecular formula is C21H25NO. The minimum Gasteiger partial charge on any atom is -0.325 e. The van der Waals surface area contributed by atoms with Gasteiger partial charge in [0.25, 0.3) is 0 Å². The van der Waals surface area contributed by atoms with E-state index in [0.717, 1.165) is 31.4 Å². The Morgan fingerprint density at radius 1 is 0.826 bits per heavy atom. The zero-order valence-electron chi connectivity index (χ0n) is 14.3. The second-order valence-corrected chi connectivity index (χ2v) is 7.51. The second kappa shape index (κ2) is 6.19. The Morgan fingerprint density at radius 3 is 1.96 bits per heavy atom. The van der Waals surface area contributed by atoms with Gasteiger partial charge in [-0.1, -0.05) is 57.2 Å². The Hall–Kier alpha value is -2.09. The standard InChI is InChI=1S/C21H25NO/c1-21(2,3)20(23)22-19-14-17-9-8-15-4-6-16(7-5-15)10-12-18(19)13-11-17/h4-7,11,13-14H,8-10,12H2,1-3H3,(H,22,23). The molecule has 0 saturated heterocycles. The molecule has 0 fully saturated rings. The Morgan fingerprint density at radius 2 is 1.35 bits per heavy atom. The highest BCUT2D eigenvalue weighted by molar-refractivity contribution is 5.95. The van der Waals surface area contributed by atoms with Crippen LogP contribution >= 0.6 is 0 Å². The highest BCUT2D eigenvalue weighted by Crippen LogP contribution is 2.25. The van der Waals surface area contributed by atoms with Crippen molar-refractivity contribution in [3.05, 3.63) is 64.7 Å². The number of aryl methyl sites for hydroxylation is 4. The lowest BCUT2D eigenvalue weighted by molar-refractivity contribution is -0.123. The van der Waals surface area contributed by atoms with Crippen LogP contribution in [-0.4, -0.2) is 5.91 Å². The van der Waals surface area contributed by atoms with Crippen molar-refractivity contribution in [3.63, 3.8) is 0 Å². The van der Waals surface area contributed by atoms with E-state index < -0.39 is 0 Å². The van der Waals surface area contributed by atoms with Gasteiger partial charge in [0.2, 0.25) is 5.91 Å². The predicted molar refractivity (Wildman–Crippen MR) is 95.8 cm³/mol. The molecule has 4 aliphatic rings. The van der Waals surface area contributed by atoms with E-state index in [-0.39, 0.29) is 11.3 Å². The summed E-state index contributed by atoms with van der Waals surface area (Å²) in [6.45, 7) is 5.85. The lowest BCUT2D eigenvalue weighted by Crippen LogP contribution is -2.28. The third-order valence-corrected chi connectivity index (χ3v) is 4.51. The molecule has 4 aliphatic carbocycles. The summed E-state index contributed by atoms with van der Waals surface area (Å²) in [7, 11) is 0. The van der Waals surface area contributed by atoms with E-state index in [1.54, 1.807) is 0 Å². The molecule has 2 heteroatoms. The van der Waals surface area contributed by atoms with Crippen LogP contribution in [0.1, 0.15) is 43.0 Å². The van der Waals surface area contributed by atoms with Crippen LogP contribution in [0, 0.1) is 5.41 Å². The maximum atomic E-state index is 12.4. The topological polar surface area (TPSA) is 29.1 Å². The molecule has 6 rings (SSSR count). The number of hydrogen-bond donors (Lipinski definition) is 1. The minimum absolute atomic E-state index is 0.0753. The van der Waals surface area contributed by atoms with E-state index in [4.69, 9.17) is 0 Å². The first-order valence-corrected chi connectivity index (χ1v) is 8.43. The fraction of sp³-hybridized carbons (Fsp3) is 0.381. The van der Waals surface area contributed by atoms with Gasteiger partial charge in [-0.05, 0) is 54.0 Å². The average Bonchev–Trinajstić information content (AvgIpc) is 2.50. The third kappa shape index (κ3) is 3.82. The van der Waals surface area contributed by atoms with E-state index in [1.807, 2.05) is 20.8 Å². The van der Waals surface area contributed by atoms with E-state index in [9.17, 15) is 4.79 Å². The van der Waals surface area contributed by atoms with E-state index >= 15 is 0 Å². The molecule has 0 aromatic heterocycles. The smallest absolute Gasteiger partial charge is 0.229 e. The maximum absolute atomic E-state index is 12.4. The van der Waals surface area contributed by atoms with Gasteiger partial charge in [0.05, 0.1) is 0 Å². The molecule has 4 bridgehead atoms. The number of carbonyl (C=O) groups excluding carboxylic acids is 1. The van der Waals surface area contributed by atoms with Gasteiger partial charge in [-0.3, -0.25) is 4.79 Å². The summed E-state index contributed by atoms with van der Waals surface area (Å²) in [6, 6.07) is 15.5. The predicted octanol–water partition coefficient (Wildman–Crippen LogP) is 4.56. The van der Waals surface area contributed by atoms with Gasteiger partial charge in [-0.15, -0.1) is 0 Å². The summed E-state index contributed by atoms with van der Waals surface area (Å²) in [5.41, 5.74) is 5.83. The molecule has 2 aromatic rings. The first-order valence-electron chi connectivity index (χ1n) is 8.43. The number of amides is 1. The lowest BCUT2D eigenvalue weighted by Gasteiger charge is -2.20. The molecule has 1 amide bonds. The molecule has 0 aliphatic heterocycles. The highest BCUT2D eigenvalue weighted by atomic mass is 16.2. The SMILES string of the molecule is CC(C)(C)C(=O)Nc1cc2ccc1CCc1ccc(cc1)CC2. The molecule has 1 N–H and O–H groups in total. The summed E-state index contributed by atoms with van der Waals surface area (Å²) in [4.78, 5) is 12.4. The van der Waals surface area contributed by atoms with Crippen molar-refractivity contribution < 1.29 is 4.79 Å². The van der Waals surface area contributed by atoms with Gasteiger partial charge < -0.3 is 5.32 Å².